The first kappa shape index (κ1) is 10.0. The second kappa shape index (κ2) is 3.93. The first-order valence-electron chi connectivity index (χ1n) is 5.41. The lowest BCUT2D eigenvalue weighted by molar-refractivity contribution is -0.749. The molecule has 1 heterocycles. The van der Waals surface area contributed by atoms with E-state index < -0.39 is 0 Å². The highest BCUT2D eigenvalue weighted by Crippen LogP contribution is 2.32. The summed E-state index contributed by atoms with van der Waals surface area (Å²) in [5, 5.41) is 0.841. The van der Waals surface area contributed by atoms with E-state index in [1.165, 1.54) is 37.8 Å². The minimum Gasteiger partial charge on any atom is -0.159 e. The maximum absolute atomic E-state index is 6.10. The maximum Gasteiger partial charge on any atom is 0.300 e. The van der Waals surface area contributed by atoms with Gasteiger partial charge in [0, 0.05) is 5.92 Å². The molecule has 0 amide bonds. The van der Waals surface area contributed by atoms with Gasteiger partial charge in [-0.1, -0.05) is 19.3 Å². The van der Waals surface area contributed by atoms with Crippen molar-refractivity contribution < 1.29 is 4.68 Å². The Morgan fingerprint density at radius 1 is 1.36 bits per heavy atom. The summed E-state index contributed by atoms with van der Waals surface area (Å²) in [5.74, 6) is 0.729. The minimum absolute atomic E-state index is 0.729. The van der Waals surface area contributed by atoms with Gasteiger partial charge in [0.05, 0.1) is 18.8 Å². The Morgan fingerprint density at radius 2 is 2.00 bits per heavy atom. The van der Waals surface area contributed by atoms with Crippen LogP contribution in [0.2, 0.25) is 5.15 Å². The van der Waals surface area contributed by atoms with Crippen molar-refractivity contribution in [1.82, 2.24) is 4.68 Å². The fraction of sp³-hybridized carbons (Fsp3) is 0.727. The average Bonchev–Trinajstić information content (AvgIpc) is 2.47. The van der Waals surface area contributed by atoms with Gasteiger partial charge in [-0.2, -0.15) is 4.68 Å². The molecule has 1 aliphatic carbocycles. The molecular formula is C11H18ClN2+. The normalized spacial score (nSPS) is 18.8. The van der Waals surface area contributed by atoms with Crippen LogP contribution >= 0.6 is 11.6 Å². The Hall–Kier alpha value is -0.500. The van der Waals surface area contributed by atoms with E-state index in [4.69, 9.17) is 11.6 Å². The largest absolute Gasteiger partial charge is 0.300 e. The van der Waals surface area contributed by atoms with E-state index in [0.717, 1.165) is 11.1 Å². The second-order valence-corrected chi connectivity index (χ2v) is 4.66. The smallest absolute Gasteiger partial charge is 0.159 e. The van der Waals surface area contributed by atoms with Crippen LogP contribution in [0.4, 0.5) is 0 Å². The molecule has 2 rings (SSSR count). The van der Waals surface area contributed by atoms with Crippen LogP contribution < -0.4 is 4.68 Å². The van der Waals surface area contributed by atoms with Gasteiger partial charge in [0.25, 0.3) is 5.15 Å². The highest BCUT2D eigenvalue weighted by atomic mass is 35.5. The summed E-state index contributed by atoms with van der Waals surface area (Å²) in [6, 6.07) is 2.12. The van der Waals surface area contributed by atoms with Gasteiger partial charge in [0.1, 0.15) is 0 Å². The van der Waals surface area contributed by atoms with Crippen LogP contribution in [0.15, 0.2) is 6.07 Å². The van der Waals surface area contributed by atoms with Crippen molar-refractivity contribution in [3.8, 4) is 0 Å². The first-order chi connectivity index (χ1) is 6.70. The summed E-state index contributed by atoms with van der Waals surface area (Å²) >= 11 is 6.10. The molecule has 0 bridgehead atoms. The Labute approximate surface area is 90.5 Å². The van der Waals surface area contributed by atoms with Crippen molar-refractivity contribution in [2.45, 2.75) is 38.0 Å². The van der Waals surface area contributed by atoms with Crippen molar-refractivity contribution in [2.24, 2.45) is 14.1 Å². The fourth-order valence-corrected chi connectivity index (χ4v) is 2.63. The summed E-state index contributed by atoms with van der Waals surface area (Å²) in [7, 11) is 4.10. The molecule has 0 N–H and O–H groups in total. The Balaban J connectivity index is 2.26. The summed E-state index contributed by atoms with van der Waals surface area (Å²) in [6.07, 6.45) is 6.80. The van der Waals surface area contributed by atoms with Crippen LogP contribution in [0.3, 0.4) is 0 Å². The molecule has 3 heteroatoms. The summed E-state index contributed by atoms with van der Waals surface area (Å²) < 4.78 is 4.18. The van der Waals surface area contributed by atoms with Crippen molar-refractivity contribution in [2.75, 3.05) is 0 Å². The lowest BCUT2D eigenvalue weighted by Gasteiger charge is -2.20. The summed E-state index contributed by atoms with van der Waals surface area (Å²) in [4.78, 5) is 0. The third-order valence-corrected chi connectivity index (χ3v) is 3.78. The van der Waals surface area contributed by atoms with Crippen LogP contribution in [0.1, 0.15) is 43.7 Å². The SMILES string of the molecule is Cn1c(C2CCCCC2)cc(Cl)[n+]1C. The molecule has 0 radical (unpaired) electrons. The molecule has 0 aromatic carbocycles. The molecule has 0 saturated heterocycles. The molecule has 1 aliphatic rings. The molecule has 0 unspecified atom stereocenters. The van der Waals surface area contributed by atoms with E-state index in [2.05, 4.69) is 17.8 Å². The van der Waals surface area contributed by atoms with Crippen molar-refractivity contribution in [3.63, 3.8) is 0 Å². The lowest BCUT2D eigenvalue weighted by atomic mass is 9.87. The number of rotatable bonds is 1. The molecule has 1 saturated carbocycles. The highest BCUT2D eigenvalue weighted by molar-refractivity contribution is 6.28. The van der Waals surface area contributed by atoms with Gasteiger partial charge in [-0.25, -0.2) is 0 Å². The third kappa shape index (κ3) is 1.68. The molecule has 1 aromatic rings. The maximum atomic E-state index is 6.10. The Kier molecular flexibility index (Phi) is 2.82. The van der Waals surface area contributed by atoms with Crippen LogP contribution in [-0.2, 0) is 14.1 Å². The van der Waals surface area contributed by atoms with Gasteiger partial charge in [0.2, 0.25) is 0 Å². The molecule has 0 atom stereocenters. The van der Waals surface area contributed by atoms with E-state index in [0.29, 0.717) is 0 Å². The zero-order chi connectivity index (χ0) is 10.1. The Bertz CT molecular complexity index is 324. The van der Waals surface area contributed by atoms with Crippen LogP contribution in [0.25, 0.3) is 0 Å². The van der Waals surface area contributed by atoms with Crippen molar-refractivity contribution in [1.29, 1.82) is 0 Å². The van der Waals surface area contributed by atoms with Gasteiger partial charge in [-0.15, -0.1) is 4.68 Å². The molecule has 14 heavy (non-hydrogen) atoms. The summed E-state index contributed by atoms with van der Waals surface area (Å²) in [6.45, 7) is 0. The molecule has 0 aliphatic heterocycles. The standard InChI is InChI=1S/C11H18ClN2/c1-13-10(8-11(12)14(13)2)9-6-4-3-5-7-9/h8-9H,3-7H2,1-2H3/q+1. The Morgan fingerprint density at radius 3 is 2.50 bits per heavy atom. The topological polar surface area (TPSA) is 8.81 Å². The van der Waals surface area contributed by atoms with Crippen LogP contribution in [-0.4, -0.2) is 4.68 Å². The lowest BCUT2D eigenvalue weighted by Crippen LogP contribution is -2.39. The van der Waals surface area contributed by atoms with E-state index in [1.54, 1.807) is 0 Å². The van der Waals surface area contributed by atoms with Gasteiger partial charge in [0.15, 0.2) is 7.05 Å². The minimum atomic E-state index is 0.729. The molecule has 2 nitrogen and oxygen atoms in total. The van der Waals surface area contributed by atoms with E-state index in [1.807, 2.05) is 11.7 Å². The van der Waals surface area contributed by atoms with E-state index >= 15 is 0 Å². The van der Waals surface area contributed by atoms with Gasteiger partial charge < -0.3 is 0 Å². The molecule has 1 aromatic heterocycles. The monoisotopic (exact) mass is 213 g/mol. The van der Waals surface area contributed by atoms with Crippen molar-refractivity contribution >= 4 is 11.6 Å². The van der Waals surface area contributed by atoms with Crippen molar-refractivity contribution in [3.05, 3.63) is 16.9 Å². The van der Waals surface area contributed by atoms with E-state index in [-0.39, 0.29) is 0 Å². The fourth-order valence-electron chi connectivity index (χ4n) is 2.41. The van der Waals surface area contributed by atoms with Gasteiger partial charge >= 0.3 is 0 Å². The third-order valence-electron chi connectivity index (χ3n) is 3.42. The summed E-state index contributed by atoms with van der Waals surface area (Å²) in [5.41, 5.74) is 1.40. The average molecular weight is 214 g/mol. The highest BCUT2D eigenvalue weighted by Gasteiger charge is 2.23. The number of hydrogen-bond acceptors (Lipinski definition) is 0. The zero-order valence-corrected chi connectivity index (χ0v) is 9.72. The number of hydrogen-bond donors (Lipinski definition) is 0. The first-order valence-corrected chi connectivity index (χ1v) is 5.79. The molecule has 0 spiro atoms. The van der Waals surface area contributed by atoms with Gasteiger partial charge in [-0.3, -0.25) is 0 Å². The predicted octanol–water partition coefficient (Wildman–Crippen LogP) is 2.55. The second-order valence-electron chi connectivity index (χ2n) is 4.27. The number of halogens is 1. The number of nitrogens with zero attached hydrogens (tertiary/aromatic N) is 2. The molecular weight excluding hydrogens is 196 g/mol. The molecule has 78 valence electrons. The van der Waals surface area contributed by atoms with E-state index in [9.17, 15) is 0 Å². The predicted molar refractivity (Wildman–Crippen MR) is 57.4 cm³/mol. The zero-order valence-electron chi connectivity index (χ0n) is 8.96. The quantitative estimate of drug-likeness (QED) is 0.634. The van der Waals surface area contributed by atoms with Crippen LogP contribution in [0, 0.1) is 0 Å². The number of aromatic nitrogens is 2. The molecule has 1 fully saturated rings. The van der Waals surface area contributed by atoms with Gasteiger partial charge in [-0.05, 0) is 24.4 Å². The van der Waals surface area contributed by atoms with Crippen LogP contribution in [0.5, 0.6) is 0 Å².